The molecule has 1 heterocycles. The van der Waals surface area contributed by atoms with E-state index in [0.717, 1.165) is 13.0 Å². The van der Waals surface area contributed by atoms with Crippen molar-refractivity contribution in [2.24, 2.45) is 0 Å². The average molecular weight is 316 g/mol. The minimum Gasteiger partial charge on any atom is -0.369 e. The molecule has 0 radical (unpaired) electrons. The molecule has 0 aliphatic carbocycles. The number of nitriles is 1. The highest BCUT2D eigenvalue weighted by Gasteiger charge is 2.19. The van der Waals surface area contributed by atoms with Gasteiger partial charge in [0.25, 0.3) is 5.91 Å². The van der Waals surface area contributed by atoms with E-state index in [0.29, 0.717) is 39.0 Å². The second kappa shape index (κ2) is 10.2. The van der Waals surface area contributed by atoms with Gasteiger partial charge in [-0.05, 0) is 12.8 Å². The van der Waals surface area contributed by atoms with Crippen LogP contribution in [0, 0.1) is 11.3 Å². The number of likely N-dealkylation sites (tertiary alicyclic amines) is 1. The van der Waals surface area contributed by atoms with Crippen LogP contribution in [0.1, 0.15) is 19.3 Å². The first kappa shape index (κ1) is 18.5. The summed E-state index contributed by atoms with van der Waals surface area (Å²) >= 11 is 0. The first-order chi connectivity index (χ1) is 11.1. The molecular formula is C17H24N4O2. The molecule has 1 fully saturated rings. The molecule has 2 amide bonds. The van der Waals surface area contributed by atoms with Crippen molar-refractivity contribution in [3.05, 3.63) is 37.1 Å². The molecule has 0 aromatic carbocycles. The summed E-state index contributed by atoms with van der Waals surface area (Å²) in [6, 6.07) is 1.91. The van der Waals surface area contributed by atoms with E-state index in [1.54, 1.807) is 17.1 Å². The van der Waals surface area contributed by atoms with Crippen molar-refractivity contribution in [1.29, 1.82) is 5.26 Å². The fourth-order valence-corrected chi connectivity index (χ4v) is 2.34. The number of hydrogen-bond acceptors (Lipinski definition) is 4. The maximum absolute atomic E-state index is 12.0. The van der Waals surface area contributed by atoms with Crippen molar-refractivity contribution in [2.45, 2.75) is 19.3 Å². The summed E-state index contributed by atoms with van der Waals surface area (Å²) in [5.41, 5.74) is 0.0472. The fraction of sp³-hybridized carbons (Fsp3) is 0.471. The Labute approximate surface area is 137 Å². The Kier molecular flexibility index (Phi) is 8.22. The van der Waals surface area contributed by atoms with Crippen LogP contribution in [0.25, 0.3) is 0 Å². The summed E-state index contributed by atoms with van der Waals surface area (Å²) in [7, 11) is 0. The van der Waals surface area contributed by atoms with Crippen molar-refractivity contribution in [3.8, 4) is 6.07 Å². The molecule has 0 bridgehead atoms. The van der Waals surface area contributed by atoms with Crippen LogP contribution >= 0.6 is 0 Å². The zero-order chi connectivity index (χ0) is 17.1. The molecule has 1 N–H and O–H groups in total. The summed E-state index contributed by atoms with van der Waals surface area (Å²) in [4.78, 5) is 27.1. The lowest BCUT2D eigenvalue weighted by molar-refractivity contribution is -0.127. The highest BCUT2D eigenvalue weighted by atomic mass is 16.2. The van der Waals surface area contributed by atoms with Crippen molar-refractivity contribution >= 4 is 11.8 Å². The first-order valence-electron chi connectivity index (χ1n) is 7.76. The van der Waals surface area contributed by atoms with Crippen molar-refractivity contribution in [1.82, 2.24) is 15.1 Å². The summed E-state index contributed by atoms with van der Waals surface area (Å²) in [6.45, 7) is 10.2. The van der Waals surface area contributed by atoms with Crippen LogP contribution in [0.15, 0.2) is 37.1 Å². The van der Waals surface area contributed by atoms with E-state index in [2.05, 4.69) is 18.5 Å². The predicted octanol–water partition coefficient (Wildman–Crippen LogP) is 1.20. The molecule has 0 aromatic heterocycles. The van der Waals surface area contributed by atoms with Crippen molar-refractivity contribution in [2.75, 3.05) is 32.7 Å². The first-order valence-corrected chi connectivity index (χ1v) is 7.76. The number of nitrogens with one attached hydrogen (secondary N) is 1. The summed E-state index contributed by atoms with van der Waals surface area (Å²) < 4.78 is 0. The topological polar surface area (TPSA) is 76.4 Å². The monoisotopic (exact) mass is 316 g/mol. The lowest BCUT2D eigenvalue weighted by atomic mass is 10.2. The van der Waals surface area contributed by atoms with Crippen molar-refractivity contribution < 1.29 is 9.59 Å². The number of carbonyl (C=O) groups is 2. The van der Waals surface area contributed by atoms with E-state index in [1.165, 1.54) is 6.20 Å². The van der Waals surface area contributed by atoms with Crippen LogP contribution in [0.4, 0.5) is 0 Å². The molecule has 6 heteroatoms. The predicted molar refractivity (Wildman–Crippen MR) is 89.1 cm³/mol. The molecule has 6 nitrogen and oxygen atoms in total. The Morgan fingerprint density at radius 1 is 1.39 bits per heavy atom. The second-order valence-corrected chi connectivity index (χ2v) is 5.28. The number of carbonyl (C=O) groups excluding carboxylic acids is 2. The van der Waals surface area contributed by atoms with Crippen LogP contribution in [-0.2, 0) is 9.59 Å². The van der Waals surface area contributed by atoms with E-state index in [-0.39, 0.29) is 11.5 Å². The van der Waals surface area contributed by atoms with Gasteiger partial charge < -0.3 is 15.1 Å². The highest BCUT2D eigenvalue weighted by Crippen LogP contribution is 2.09. The summed E-state index contributed by atoms with van der Waals surface area (Å²) in [5, 5.41) is 11.9. The minimum atomic E-state index is -0.404. The third kappa shape index (κ3) is 6.39. The van der Waals surface area contributed by atoms with E-state index >= 15 is 0 Å². The molecule has 0 saturated carbocycles. The van der Waals surface area contributed by atoms with Gasteiger partial charge in [0.1, 0.15) is 11.6 Å². The van der Waals surface area contributed by atoms with Gasteiger partial charge in [-0.25, -0.2) is 0 Å². The molecule has 0 atom stereocenters. The molecule has 0 unspecified atom stereocenters. The normalized spacial score (nSPS) is 14.3. The zero-order valence-corrected chi connectivity index (χ0v) is 13.5. The van der Waals surface area contributed by atoms with Gasteiger partial charge in [-0.2, -0.15) is 5.26 Å². The smallest absolute Gasteiger partial charge is 0.263 e. The van der Waals surface area contributed by atoms with E-state index < -0.39 is 5.91 Å². The second-order valence-electron chi connectivity index (χ2n) is 5.28. The van der Waals surface area contributed by atoms with Crippen LogP contribution in [0.5, 0.6) is 0 Å². The molecular weight excluding hydrogens is 292 g/mol. The standard InChI is InChI=1S/C17H24N4O2/c1-3-9-20(10-4-2)14-15(13-18)17(23)19-8-6-12-21-11-5-7-16(21)22/h3-4,14H,1-2,5-12H2,(H,19,23)/b15-14-. The van der Waals surface area contributed by atoms with Gasteiger partial charge in [-0.1, -0.05) is 12.2 Å². The van der Waals surface area contributed by atoms with E-state index in [9.17, 15) is 9.59 Å². The quantitative estimate of drug-likeness (QED) is 0.284. The van der Waals surface area contributed by atoms with Gasteiger partial charge in [0.2, 0.25) is 5.91 Å². The Morgan fingerprint density at radius 2 is 2.09 bits per heavy atom. The Hall–Kier alpha value is -2.55. The van der Waals surface area contributed by atoms with Crippen LogP contribution in [0.2, 0.25) is 0 Å². The number of nitrogens with zero attached hydrogens (tertiary/aromatic N) is 3. The van der Waals surface area contributed by atoms with Crippen LogP contribution < -0.4 is 5.32 Å². The molecule has 124 valence electrons. The summed E-state index contributed by atoms with van der Waals surface area (Å²) in [6.07, 6.45) is 7.12. The maximum atomic E-state index is 12.0. The highest BCUT2D eigenvalue weighted by molar-refractivity contribution is 5.97. The third-order valence-corrected chi connectivity index (χ3v) is 3.47. The molecule has 1 rings (SSSR count). The van der Waals surface area contributed by atoms with Gasteiger partial charge in [0, 0.05) is 45.3 Å². The molecule has 23 heavy (non-hydrogen) atoms. The number of hydrogen-bond donors (Lipinski definition) is 1. The molecule has 0 spiro atoms. The third-order valence-electron chi connectivity index (χ3n) is 3.47. The average Bonchev–Trinajstić information content (AvgIpc) is 2.94. The lowest BCUT2D eigenvalue weighted by Gasteiger charge is -2.17. The van der Waals surface area contributed by atoms with Crippen LogP contribution in [0.3, 0.4) is 0 Å². The number of rotatable bonds is 10. The largest absolute Gasteiger partial charge is 0.369 e. The Balaban J connectivity index is 2.43. The Bertz CT molecular complexity index is 509. The number of amides is 2. The minimum absolute atomic E-state index is 0.0472. The van der Waals surface area contributed by atoms with Crippen LogP contribution in [-0.4, -0.2) is 54.3 Å². The van der Waals surface area contributed by atoms with E-state index in [1.807, 2.05) is 11.0 Å². The lowest BCUT2D eigenvalue weighted by Crippen LogP contribution is -2.31. The van der Waals surface area contributed by atoms with Gasteiger partial charge in [0.15, 0.2) is 0 Å². The molecule has 1 saturated heterocycles. The zero-order valence-electron chi connectivity index (χ0n) is 13.5. The van der Waals surface area contributed by atoms with Gasteiger partial charge >= 0.3 is 0 Å². The molecule has 1 aliphatic heterocycles. The van der Waals surface area contributed by atoms with Gasteiger partial charge in [-0.15, -0.1) is 13.2 Å². The molecule has 1 aliphatic rings. The molecule has 0 aromatic rings. The van der Waals surface area contributed by atoms with Crippen molar-refractivity contribution in [3.63, 3.8) is 0 Å². The fourth-order valence-electron chi connectivity index (χ4n) is 2.34. The Morgan fingerprint density at radius 3 is 2.61 bits per heavy atom. The maximum Gasteiger partial charge on any atom is 0.263 e. The summed E-state index contributed by atoms with van der Waals surface area (Å²) in [5.74, 6) is -0.225. The SMILES string of the molecule is C=CCN(/C=C(/C#N)C(=O)NCCCN1CCCC1=O)CC=C. The van der Waals surface area contributed by atoms with Gasteiger partial charge in [-0.3, -0.25) is 9.59 Å². The van der Waals surface area contributed by atoms with E-state index in [4.69, 9.17) is 5.26 Å². The van der Waals surface area contributed by atoms with Gasteiger partial charge in [0.05, 0.1) is 0 Å².